The van der Waals surface area contributed by atoms with Gasteiger partial charge in [-0.2, -0.15) is 4.98 Å². The molecule has 96 valence electrons. The summed E-state index contributed by atoms with van der Waals surface area (Å²) in [5, 5.41) is 7.41. The first-order valence-electron chi connectivity index (χ1n) is 6.87. The van der Waals surface area contributed by atoms with Gasteiger partial charge in [0.1, 0.15) is 0 Å². The van der Waals surface area contributed by atoms with Crippen molar-refractivity contribution < 1.29 is 4.52 Å². The second kappa shape index (κ2) is 6.74. The molecule has 1 aliphatic carbocycles. The largest absolute Gasteiger partial charge is 0.343 e. The molecule has 0 saturated heterocycles. The summed E-state index contributed by atoms with van der Waals surface area (Å²) in [5.74, 6) is 1.78. The van der Waals surface area contributed by atoms with Gasteiger partial charge in [-0.3, -0.25) is 0 Å². The number of aromatic nitrogens is 2. The molecule has 0 unspecified atom stereocenters. The van der Waals surface area contributed by atoms with Crippen molar-refractivity contribution in [2.45, 2.75) is 57.9 Å². The highest BCUT2D eigenvalue weighted by Crippen LogP contribution is 2.27. The Morgan fingerprint density at radius 3 is 2.82 bits per heavy atom. The lowest BCUT2D eigenvalue weighted by Gasteiger charge is -2.28. The fourth-order valence-electron chi connectivity index (χ4n) is 2.75. The Morgan fingerprint density at radius 1 is 1.35 bits per heavy atom. The van der Waals surface area contributed by atoms with Crippen LogP contribution in [0.1, 0.15) is 51.3 Å². The first kappa shape index (κ1) is 12.6. The Kier molecular flexibility index (Phi) is 4.98. The molecule has 0 bridgehead atoms. The van der Waals surface area contributed by atoms with Crippen molar-refractivity contribution in [3.8, 4) is 0 Å². The van der Waals surface area contributed by atoms with Crippen molar-refractivity contribution >= 4 is 0 Å². The Labute approximate surface area is 103 Å². The monoisotopic (exact) mass is 237 g/mol. The van der Waals surface area contributed by atoms with Crippen molar-refractivity contribution in [1.82, 2.24) is 15.5 Å². The molecule has 1 aromatic rings. The molecular formula is C13H23N3O. The summed E-state index contributed by atoms with van der Waals surface area (Å²) in [5.41, 5.74) is 0. The lowest BCUT2D eigenvalue weighted by molar-refractivity contribution is 0.279. The van der Waals surface area contributed by atoms with Crippen molar-refractivity contribution in [2.24, 2.45) is 5.92 Å². The molecular weight excluding hydrogens is 214 g/mol. The van der Waals surface area contributed by atoms with Crippen LogP contribution in [0.3, 0.4) is 0 Å². The van der Waals surface area contributed by atoms with Crippen LogP contribution in [0.5, 0.6) is 0 Å². The van der Waals surface area contributed by atoms with E-state index in [9.17, 15) is 0 Å². The van der Waals surface area contributed by atoms with Gasteiger partial charge in [0.2, 0.25) is 6.39 Å². The average molecular weight is 237 g/mol. The van der Waals surface area contributed by atoms with Crippen LogP contribution in [-0.2, 0) is 6.42 Å². The molecule has 0 spiro atoms. The van der Waals surface area contributed by atoms with Crippen LogP contribution in [0.25, 0.3) is 0 Å². The minimum absolute atomic E-state index is 0.704. The van der Waals surface area contributed by atoms with E-state index in [0.29, 0.717) is 6.04 Å². The Bertz CT molecular complexity index is 292. The second-order valence-electron chi connectivity index (χ2n) is 5.06. The molecule has 0 radical (unpaired) electrons. The van der Waals surface area contributed by atoms with Gasteiger partial charge in [0, 0.05) is 19.0 Å². The van der Waals surface area contributed by atoms with E-state index in [-0.39, 0.29) is 0 Å². The van der Waals surface area contributed by atoms with Gasteiger partial charge in [0.05, 0.1) is 0 Å². The van der Waals surface area contributed by atoms with Gasteiger partial charge in [-0.15, -0.1) is 0 Å². The Hall–Kier alpha value is -0.900. The molecule has 1 aliphatic rings. The van der Waals surface area contributed by atoms with E-state index in [1.807, 2.05) is 0 Å². The number of hydrogen-bond donors (Lipinski definition) is 1. The van der Waals surface area contributed by atoms with E-state index >= 15 is 0 Å². The molecule has 1 saturated carbocycles. The zero-order valence-corrected chi connectivity index (χ0v) is 10.7. The van der Waals surface area contributed by atoms with Gasteiger partial charge in [0.15, 0.2) is 5.82 Å². The Balaban J connectivity index is 1.58. The molecule has 4 heteroatoms. The summed E-state index contributed by atoms with van der Waals surface area (Å²) < 4.78 is 4.71. The molecule has 2 rings (SSSR count). The normalized spacial score (nSPS) is 25.0. The van der Waals surface area contributed by atoms with Gasteiger partial charge in [-0.1, -0.05) is 24.9 Å². The van der Waals surface area contributed by atoms with Gasteiger partial charge >= 0.3 is 0 Å². The van der Waals surface area contributed by atoms with Crippen LogP contribution in [0.15, 0.2) is 10.9 Å². The summed E-state index contributed by atoms with van der Waals surface area (Å²) in [6.45, 7) is 3.25. The lowest BCUT2D eigenvalue weighted by atomic mass is 9.83. The molecule has 1 aromatic heterocycles. The molecule has 0 amide bonds. The maximum Gasteiger partial charge on any atom is 0.213 e. The average Bonchev–Trinajstić information content (AvgIpc) is 2.85. The molecule has 0 aliphatic heterocycles. The summed E-state index contributed by atoms with van der Waals surface area (Å²) in [6.07, 6.45) is 10.5. The number of nitrogens with zero attached hydrogens (tertiary/aromatic N) is 2. The molecule has 1 heterocycles. The third kappa shape index (κ3) is 4.11. The van der Waals surface area contributed by atoms with Crippen molar-refractivity contribution in [2.75, 3.05) is 6.54 Å². The van der Waals surface area contributed by atoms with Crippen molar-refractivity contribution in [3.63, 3.8) is 0 Å². The second-order valence-corrected chi connectivity index (χ2v) is 5.06. The highest BCUT2D eigenvalue weighted by atomic mass is 16.5. The fourth-order valence-corrected chi connectivity index (χ4v) is 2.75. The molecule has 4 nitrogen and oxygen atoms in total. The minimum atomic E-state index is 0.704. The van der Waals surface area contributed by atoms with E-state index in [4.69, 9.17) is 4.52 Å². The molecule has 17 heavy (non-hydrogen) atoms. The molecule has 0 atom stereocenters. The van der Waals surface area contributed by atoms with Gasteiger partial charge in [-0.25, -0.2) is 0 Å². The van der Waals surface area contributed by atoms with Crippen molar-refractivity contribution in [3.05, 3.63) is 12.2 Å². The van der Waals surface area contributed by atoms with E-state index < -0.39 is 0 Å². The van der Waals surface area contributed by atoms with Crippen LogP contribution in [0, 0.1) is 5.92 Å². The maximum absolute atomic E-state index is 4.71. The van der Waals surface area contributed by atoms with Crippen LogP contribution in [-0.4, -0.2) is 22.7 Å². The molecule has 0 aromatic carbocycles. The standard InChI is InChI=1S/C13H23N3O/c1-2-3-11-4-6-12(7-5-11)14-9-8-13-15-10-17-16-13/h10-12,14H,2-9H2,1H3. The number of nitrogens with one attached hydrogen (secondary N) is 1. The third-order valence-corrected chi connectivity index (χ3v) is 3.73. The first-order valence-corrected chi connectivity index (χ1v) is 6.87. The zero-order chi connectivity index (χ0) is 11.9. The van der Waals surface area contributed by atoms with Gasteiger partial charge in [0.25, 0.3) is 0 Å². The van der Waals surface area contributed by atoms with Gasteiger partial charge < -0.3 is 9.84 Å². The predicted molar refractivity (Wildman–Crippen MR) is 66.7 cm³/mol. The predicted octanol–water partition coefficient (Wildman–Crippen LogP) is 2.56. The van der Waals surface area contributed by atoms with E-state index in [0.717, 1.165) is 24.7 Å². The Morgan fingerprint density at radius 2 is 2.18 bits per heavy atom. The van der Waals surface area contributed by atoms with E-state index in [1.54, 1.807) is 0 Å². The number of hydrogen-bond acceptors (Lipinski definition) is 4. The van der Waals surface area contributed by atoms with Gasteiger partial charge in [-0.05, 0) is 31.6 Å². The molecule has 1 fully saturated rings. The third-order valence-electron chi connectivity index (χ3n) is 3.73. The summed E-state index contributed by atoms with van der Waals surface area (Å²) >= 11 is 0. The number of rotatable bonds is 6. The summed E-state index contributed by atoms with van der Waals surface area (Å²) in [6, 6.07) is 0.704. The van der Waals surface area contributed by atoms with E-state index in [2.05, 4.69) is 22.4 Å². The quantitative estimate of drug-likeness (QED) is 0.826. The maximum atomic E-state index is 4.71. The lowest BCUT2D eigenvalue weighted by Crippen LogP contribution is -2.34. The topological polar surface area (TPSA) is 51.0 Å². The van der Waals surface area contributed by atoms with Crippen LogP contribution in [0.4, 0.5) is 0 Å². The highest BCUT2D eigenvalue weighted by molar-refractivity contribution is 4.81. The first-order chi connectivity index (χ1) is 8.38. The minimum Gasteiger partial charge on any atom is -0.343 e. The fraction of sp³-hybridized carbons (Fsp3) is 0.846. The van der Waals surface area contributed by atoms with E-state index in [1.165, 1.54) is 44.9 Å². The van der Waals surface area contributed by atoms with Crippen LogP contribution >= 0.6 is 0 Å². The molecule has 1 N–H and O–H groups in total. The summed E-state index contributed by atoms with van der Waals surface area (Å²) in [7, 11) is 0. The summed E-state index contributed by atoms with van der Waals surface area (Å²) in [4.78, 5) is 4.02. The van der Waals surface area contributed by atoms with Crippen LogP contribution < -0.4 is 5.32 Å². The zero-order valence-electron chi connectivity index (χ0n) is 10.7. The SMILES string of the molecule is CCCC1CCC(NCCc2ncon2)CC1. The van der Waals surface area contributed by atoms with Crippen molar-refractivity contribution in [1.29, 1.82) is 0 Å². The smallest absolute Gasteiger partial charge is 0.213 e. The van der Waals surface area contributed by atoms with Crippen LogP contribution in [0.2, 0.25) is 0 Å². The highest BCUT2D eigenvalue weighted by Gasteiger charge is 2.19.